The van der Waals surface area contributed by atoms with Crippen molar-refractivity contribution >= 4 is 0 Å². The Morgan fingerprint density at radius 3 is 2.82 bits per heavy atom. The molecule has 5 heteroatoms. The molecule has 1 aromatic heterocycles. The summed E-state index contributed by atoms with van der Waals surface area (Å²) in [6.07, 6.45) is 6.69. The van der Waals surface area contributed by atoms with Gasteiger partial charge < -0.3 is 10.2 Å². The molecular weight excluding hydrogens is 214 g/mol. The molecule has 0 aliphatic carbocycles. The molecule has 0 unspecified atom stereocenters. The van der Waals surface area contributed by atoms with E-state index >= 15 is 0 Å². The zero-order valence-electron chi connectivity index (χ0n) is 10.7. The third kappa shape index (κ3) is 4.44. The summed E-state index contributed by atoms with van der Waals surface area (Å²) in [7, 11) is 1.90. The summed E-state index contributed by atoms with van der Waals surface area (Å²) in [6.45, 7) is 5.93. The van der Waals surface area contributed by atoms with Crippen LogP contribution in [0.2, 0.25) is 0 Å². The Balaban J connectivity index is 1.46. The zero-order chi connectivity index (χ0) is 11.9. The Hall–Kier alpha value is -0.940. The van der Waals surface area contributed by atoms with Gasteiger partial charge in [-0.15, -0.1) is 0 Å². The summed E-state index contributed by atoms with van der Waals surface area (Å²) < 4.78 is 1.75. The molecule has 96 valence electrons. The van der Waals surface area contributed by atoms with Gasteiger partial charge in [0.15, 0.2) is 5.82 Å². The number of nitrogens with zero attached hydrogens (tertiary/aromatic N) is 4. The fourth-order valence-corrected chi connectivity index (χ4v) is 2.26. The van der Waals surface area contributed by atoms with Crippen molar-refractivity contribution in [3.63, 3.8) is 0 Å². The molecule has 0 atom stereocenters. The van der Waals surface area contributed by atoms with Crippen molar-refractivity contribution in [3.8, 4) is 0 Å². The minimum Gasteiger partial charge on any atom is -0.316 e. The quantitative estimate of drug-likeness (QED) is 0.699. The van der Waals surface area contributed by atoms with E-state index in [9.17, 15) is 0 Å². The van der Waals surface area contributed by atoms with Crippen LogP contribution in [0, 0.1) is 0 Å². The van der Waals surface area contributed by atoms with Crippen LogP contribution in [0.25, 0.3) is 0 Å². The molecule has 0 bridgehead atoms. The largest absolute Gasteiger partial charge is 0.316 e. The van der Waals surface area contributed by atoms with Crippen LogP contribution < -0.4 is 5.32 Å². The van der Waals surface area contributed by atoms with Crippen LogP contribution >= 0.6 is 0 Å². The van der Waals surface area contributed by atoms with Gasteiger partial charge in [0.05, 0.1) is 0 Å². The Kier molecular flexibility index (Phi) is 4.94. The van der Waals surface area contributed by atoms with Gasteiger partial charge in [0.2, 0.25) is 0 Å². The van der Waals surface area contributed by atoms with Crippen molar-refractivity contribution < 1.29 is 0 Å². The highest BCUT2D eigenvalue weighted by Gasteiger charge is 2.09. The van der Waals surface area contributed by atoms with Gasteiger partial charge in [-0.25, -0.2) is 4.98 Å². The standard InChI is InChI=1S/C12H23N5/c1-16-11-14-12(15-16)5-7-13-6-4-10-17-8-2-3-9-17/h11,13H,2-10H2,1H3. The third-order valence-corrected chi connectivity index (χ3v) is 3.20. The lowest BCUT2D eigenvalue weighted by Gasteiger charge is -2.14. The maximum absolute atomic E-state index is 4.25. The van der Waals surface area contributed by atoms with Gasteiger partial charge in [-0.05, 0) is 45.4 Å². The van der Waals surface area contributed by atoms with Crippen molar-refractivity contribution in [2.45, 2.75) is 25.7 Å². The van der Waals surface area contributed by atoms with Crippen LogP contribution in [0.4, 0.5) is 0 Å². The molecule has 2 rings (SSSR count). The number of aryl methyl sites for hydroxylation is 1. The first-order valence-electron chi connectivity index (χ1n) is 6.62. The first kappa shape index (κ1) is 12.5. The molecule has 0 spiro atoms. The average Bonchev–Trinajstić information content (AvgIpc) is 2.95. The Bertz CT molecular complexity index is 316. The van der Waals surface area contributed by atoms with E-state index in [0.717, 1.165) is 25.3 Å². The lowest BCUT2D eigenvalue weighted by molar-refractivity contribution is 0.331. The maximum Gasteiger partial charge on any atom is 0.151 e. The van der Waals surface area contributed by atoms with Crippen molar-refractivity contribution in [2.75, 3.05) is 32.7 Å². The fourth-order valence-electron chi connectivity index (χ4n) is 2.26. The second-order valence-corrected chi connectivity index (χ2v) is 4.74. The minimum atomic E-state index is 0.921. The zero-order valence-corrected chi connectivity index (χ0v) is 10.7. The SMILES string of the molecule is Cn1cnc(CCNCCCN2CCCC2)n1. The molecule has 1 fully saturated rings. The van der Waals surface area contributed by atoms with Crippen LogP contribution in [-0.2, 0) is 13.5 Å². The number of rotatable bonds is 7. The molecule has 0 saturated carbocycles. The van der Waals surface area contributed by atoms with Crippen LogP contribution in [0.5, 0.6) is 0 Å². The molecule has 1 N–H and O–H groups in total. The van der Waals surface area contributed by atoms with Crippen LogP contribution in [0.3, 0.4) is 0 Å². The van der Waals surface area contributed by atoms with E-state index in [4.69, 9.17) is 0 Å². The molecule has 0 aromatic carbocycles. The van der Waals surface area contributed by atoms with E-state index in [2.05, 4.69) is 20.3 Å². The molecule has 1 aliphatic rings. The Labute approximate surface area is 103 Å². The summed E-state index contributed by atoms with van der Waals surface area (Å²) in [5.41, 5.74) is 0. The normalized spacial score (nSPS) is 16.8. The Morgan fingerprint density at radius 1 is 1.29 bits per heavy atom. The van der Waals surface area contributed by atoms with E-state index in [0.29, 0.717) is 0 Å². The molecule has 1 aromatic rings. The van der Waals surface area contributed by atoms with E-state index < -0.39 is 0 Å². The van der Waals surface area contributed by atoms with Gasteiger partial charge in [-0.1, -0.05) is 0 Å². The van der Waals surface area contributed by atoms with Crippen LogP contribution in [-0.4, -0.2) is 52.4 Å². The first-order valence-corrected chi connectivity index (χ1v) is 6.62. The second-order valence-electron chi connectivity index (χ2n) is 4.74. The van der Waals surface area contributed by atoms with Gasteiger partial charge in [0, 0.05) is 20.0 Å². The van der Waals surface area contributed by atoms with E-state index in [1.807, 2.05) is 7.05 Å². The number of hydrogen-bond acceptors (Lipinski definition) is 4. The van der Waals surface area contributed by atoms with Gasteiger partial charge >= 0.3 is 0 Å². The van der Waals surface area contributed by atoms with Gasteiger partial charge in [0.1, 0.15) is 6.33 Å². The second kappa shape index (κ2) is 6.71. The van der Waals surface area contributed by atoms with Gasteiger partial charge in [-0.3, -0.25) is 4.68 Å². The lowest BCUT2D eigenvalue weighted by Crippen LogP contribution is -2.26. The summed E-state index contributed by atoms with van der Waals surface area (Å²) >= 11 is 0. The smallest absolute Gasteiger partial charge is 0.151 e. The van der Waals surface area contributed by atoms with E-state index in [1.165, 1.54) is 38.9 Å². The maximum atomic E-state index is 4.25. The highest BCUT2D eigenvalue weighted by Crippen LogP contribution is 2.06. The molecule has 0 amide bonds. The lowest BCUT2D eigenvalue weighted by atomic mass is 10.3. The van der Waals surface area contributed by atoms with E-state index in [1.54, 1.807) is 11.0 Å². The van der Waals surface area contributed by atoms with Crippen molar-refractivity contribution in [1.82, 2.24) is 25.0 Å². The molecule has 1 aliphatic heterocycles. The van der Waals surface area contributed by atoms with Crippen molar-refractivity contribution in [2.24, 2.45) is 7.05 Å². The number of likely N-dealkylation sites (tertiary alicyclic amines) is 1. The summed E-state index contributed by atoms with van der Waals surface area (Å²) in [5.74, 6) is 0.930. The molecule has 17 heavy (non-hydrogen) atoms. The minimum absolute atomic E-state index is 0.921. The highest BCUT2D eigenvalue weighted by atomic mass is 15.3. The number of hydrogen-bond donors (Lipinski definition) is 1. The monoisotopic (exact) mass is 237 g/mol. The molecule has 0 radical (unpaired) electrons. The van der Waals surface area contributed by atoms with E-state index in [-0.39, 0.29) is 0 Å². The van der Waals surface area contributed by atoms with Gasteiger partial charge in [-0.2, -0.15) is 5.10 Å². The first-order chi connectivity index (χ1) is 8.34. The average molecular weight is 237 g/mol. The summed E-state index contributed by atoms with van der Waals surface area (Å²) in [4.78, 5) is 6.76. The molecular formula is C12H23N5. The predicted octanol–water partition coefficient (Wildman–Crippen LogP) is 0.433. The molecule has 2 heterocycles. The predicted molar refractivity (Wildman–Crippen MR) is 67.9 cm³/mol. The third-order valence-electron chi connectivity index (χ3n) is 3.20. The van der Waals surface area contributed by atoms with Gasteiger partial charge in [0.25, 0.3) is 0 Å². The summed E-state index contributed by atoms with van der Waals surface area (Å²) in [5, 5.41) is 7.70. The van der Waals surface area contributed by atoms with Crippen LogP contribution in [0.1, 0.15) is 25.1 Å². The fraction of sp³-hybridized carbons (Fsp3) is 0.833. The highest BCUT2D eigenvalue weighted by molar-refractivity contribution is 4.81. The summed E-state index contributed by atoms with van der Waals surface area (Å²) in [6, 6.07) is 0. The van der Waals surface area contributed by atoms with Crippen molar-refractivity contribution in [1.29, 1.82) is 0 Å². The Morgan fingerprint density at radius 2 is 2.12 bits per heavy atom. The molecule has 1 saturated heterocycles. The number of aromatic nitrogens is 3. The topological polar surface area (TPSA) is 46.0 Å². The molecule has 5 nitrogen and oxygen atoms in total. The number of nitrogens with one attached hydrogen (secondary N) is 1. The van der Waals surface area contributed by atoms with Crippen molar-refractivity contribution in [3.05, 3.63) is 12.2 Å². The van der Waals surface area contributed by atoms with Crippen LogP contribution in [0.15, 0.2) is 6.33 Å².